The quantitative estimate of drug-likeness (QED) is 0.444. The van der Waals surface area contributed by atoms with E-state index in [1.807, 2.05) is 0 Å². The summed E-state index contributed by atoms with van der Waals surface area (Å²) in [5, 5.41) is 19.9. The van der Waals surface area contributed by atoms with Gasteiger partial charge in [-0.2, -0.15) is 0 Å². The largest absolute Gasteiger partial charge is 0.497 e. The summed E-state index contributed by atoms with van der Waals surface area (Å²) < 4.78 is 32.4. The molecular weight excluding hydrogens is 351 g/mol. The molecule has 0 saturated heterocycles. The average molecular weight is 376 g/mol. The number of carbonyl (C=O) groups excluding carboxylic acids is 1. The molecule has 2 atom stereocenters. The third-order valence-corrected chi connectivity index (χ3v) is 5.34. The lowest BCUT2D eigenvalue weighted by atomic mass is 10.2. The van der Waals surface area contributed by atoms with E-state index in [9.17, 15) is 19.6 Å². The van der Waals surface area contributed by atoms with Crippen molar-refractivity contribution in [2.45, 2.75) is 26.1 Å². The Morgan fingerprint density at radius 3 is 2.12 bits per heavy atom. The van der Waals surface area contributed by atoms with E-state index in [0.717, 1.165) is 0 Å². The number of aliphatic hydroxyl groups is 2. The predicted molar refractivity (Wildman–Crippen MR) is 91.0 cm³/mol. The zero-order chi connectivity index (χ0) is 18.9. The van der Waals surface area contributed by atoms with Gasteiger partial charge in [-0.25, -0.2) is 4.79 Å². The number of methoxy groups -OCH3 is 1. The summed E-state index contributed by atoms with van der Waals surface area (Å²) in [4.78, 5) is 11.9. The van der Waals surface area contributed by atoms with Crippen LogP contribution in [0.1, 0.15) is 24.2 Å². The van der Waals surface area contributed by atoms with Crippen molar-refractivity contribution in [2.75, 3.05) is 33.1 Å². The predicted octanol–water partition coefficient (Wildman–Crippen LogP) is 1.84. The molecule has 0 amide bonds. The summed E-state index contributed by atoms with van der Waals surface area (Å²) in [6.07, 6.45) is -3.24. The Bertz CT molecular complexity index is 564. The molecule has 0 spiro atoms. The van der Waals surface area contributed by atoms with Crippen molar-refractivity contribution in [3.8, 4) is 5.75 Å². The van der Waals surface area contributed by atoms with Gasteiger partial charge in [-0.05, 0) is 38.1 Å². The highest BCUT2D eigenvalue weighted by molar-refractivity contribution is 7.53. The third kappa shape index (κ3) is 7.13. The summed E-state index contributed by atoms with van der Waals surface area (Å²) in [6.45, 7) is 3.12. The highest BCUT2D eigenvalue weighted by Crippen LogP contribution is 2.48. The molecule has 0 bridgehead atoms. The number of esters is 1. The molecule has 1 aromatic carbocycles. The van der Waals surface area contributed by atoms with Gasteiger partial charge in [0.25, 0.3) is 0 Å². The van der Waals surface area contributed by atoms with Crippen LogP contribution in [0, 0.1) is 0 Å². The standard InChI is InChI=1S/C16H25O8P/c1-4-23-25(20,24-5-2)11-15(18)14(17)10-22-16(19)12-6-8-13(21-3)9-7-12/h6-9,14-15,17-18H,4-5,10-11H2,1-3H3/t14-,15-/m0/s1. The van der Waals surface area contributed by atoms with Crippen LogP contribution in [-0.2, 0) is 18.3 Å². The SMILES string of the molecule is CCOP(=O)(C[C@H](O)[C@@H](O)COC(=O)c1ccc(OC)cc1)OCC. The van der Waals surface area contributed by atoms with Crippen LogP contribution in [-0.4, -0.2) is 61.5 Å². The molecular formula is C16H25O8P. The van der Waals surface area contributed by atoms with E-state index in [1.165, 1.54) is 19.2 Å². The first-order valence-corrected chi connectivity index (χ1v) is 9.63. The Balaban J connectivity index is 2.54. The lowest BCUT2D eigenvalue weighted by Crippen LogP contribution is -2.34. The summed E-state index contributed by atoms with van der Waals surface area (Å²) in [5.74, 6) is -0.0682. The molecule has 142 valence electrons. The normalized spacial score (nSPS) is 14.0. The van der Waals surface area contributed by atoms with Crippen molar-refractivity contribution < 1.29 is 38.1 Å². The Morgan fingerprint density at radius 2 is 1.64 bits per heavy atom. The van der Waals surface area contributed by atoms with Crippen molar-refractivity contribution in [2.24, 2.45) is 0 Å². The van der Waals surface area contributed by atoms with Crippen LogP contribution in [0.5, 0.6) is 5.75 Å². The third-order valence-electron chi connectivity index (χ3n) is 3.22. The molecule has 0 fully saturated rings. The zero-order valence-electron chi connectivity index (χ0n) is 14.6. The lowest BCUT2D eigenvalue weighted by molar-refractivity contribution is -0.0208. The van der Waals surface area contributed by atoms with Gasteiger partial charge in [0.15, 0.2) is 0 Å². The van der Waals surface area contributed by atoms with E-state index in [4.69, 9.17) is 18.5 Å². The van der Waals surface area contributed by atoms with Crippen LogP contribution < -0.4 is 4.74 Å². The van der Waals surface area contributed by atoms with Crippen molar-refractivity contribution >= 4 is 13.6 Å². The van der Waals surface area contributed by atoms with Gasteiger partial charge in [0.1, 0.15) is 18.5 Å². The summed E-state index contributed by atoms with van der Waals surface area (Å²) in [5.41, 5.74) is 0.275. The van der Waals surface area contributed by atoms with Crippen molar-refractivity contribution in [1.29, 1.82) is 0 Å². The second-order valence-electron chi connectivity index (χ2n) is 5.09. The molecule has 0 aliphatic carbocycles. The number of benzene rings is 1. The van der Waals surface area contributed by atoms with Gasteiger partial charge >= 0.3 is 13.6 Å². The Labute approximate surface area is 147 Å². The van der Waals surface area contributed by atoms with Crippen molar-refractivity contribution in [1.82, 2.24) is 0 Å². The molecule has 0 aliphatic rings. The van der Waals surface area contributed by atoms with E-state index in [0.29, 0.717) is 5.75 Å². The van der Waals surface area contributed by atoms with Gasteiger partial charge in [0.05, 0.1) is 38.2 Å². The van der Waals surface area contributed by atoms with Crippen LogP contribution in [0.25, 0.3) is 0 Å². The average Bonchev–Trinajstić information content (AvgIpc) is 2.59. The summed E-state index contributed by atoms with van der Waals surface area (Å²) in [6, 6.07) is 6.23. The first kappa shape index (κ1) is 21.6. The zero-order valence-corrected chi connectivity index (χ0v) is 15.5. The monoisotopic (exact) mass is 376 g/mol. The van der Waals surface area contributed by atoms with Gasteiger partial charge in [-0.1, -0.05) is 0 Å². The minimum absolute atomic E-state index is 0.145. The highest BCUT2D eigenvalue weighted by Gasteiger charge is 2.31. The molecule has 0 unspecified atom stereocenters. The number of aliphatic hydroxyl groups excluding tert-OH is 2. The number of ether oxygens (including phenoxy) is 2. The van der Waals surface area contributed by atoms with Crippen LogP contribution in [0.3, 0.4) is 0 Å². The minimum Gasteiger partial charge on any atom is -0.497 e. The van der Waals surface area contributed by atoms with Crippen molar-refractivity contribution in [3.05, 3.63) is 29.8 Å². The maximum Gasteiger partial charge on any atom is 0.338 e. The fourth-order valence-corrected chi connectivity index (χ4v) is 3.74. The molecule has 0 aliphatic heterocycles. The molecule has 0 radical (unpaired) electrons. The maximum absolute atomic E-state index is 12.3. The van der Waals surface area contributed by atoms with E-state index in [-0.39, 0.29) is 18.8 Å². The van der Waals surface area contributed by atoms with Crippen molar-refractivity contribution in [3.63, 3.8) is 0 Å². The lowest BCUT2D eigenvalue weighted by Gasteiger charge is -2.23. The van der Waals surface area contributed by atoms with Gasteiger partial charge in [0, 0.05) is 0 Å². The number of rotatable bonds is 11. The molecule has 8 nitrogen and oxygen atoms in total. The Morgan fingerprint density at radius 1 is 1.08 bits per heavy atom. The Hall–Kier alpha value is -1.44. The van der Waals surface area contributed by atoms with E-state index >= 15 is 0 Å². The Kier molecular flexibility index (Phi) is 9.10. The molecule has 25 heavy (non-hydrogen) atoms. The van der Waals surface area contributed by atoms with E-state index in [1.54, 1.807) is 26.0 Å². The van der Waals surface area contributed by atoms with Crippen LogP contribution in [0.2, 0.25) is 0 Å². The number of hydrogen-bond acceptors (Lipinski definition) is 8. The van der Waals surface area contributed by atoms with Gasteiger partial charge < -0.3 is 28.7 Å². The second-order valence-corrected chi connectivity index (χ2v) is 7.19. The fourth-order valence-electron chi connectivity index (χ4n) is 1.97. The molecule has 2 N–H and O–H groups in total. The van der Waals surface area contributed by atoms with E-state index < -0.39 is 38.5 Å². The summed E-state index contributed by atoms with van der Waals surface area (Å²) in [7, 11) is -2.00. The van der Waals surface area contributed by atoms with Gasteiger partial charge in [-0.3, -0.25) is 4.57 Å². The number of carbonyl (C=O) groups is 1. The molecule has 1 aromatic rings. The smallest absolute Gasteiger partial charge is 0.338 e. The topological polar surface area (TPSA) is 112 Å². The van der Waals surface area contributed by atoms with Crippen LogP contribution in [0.4, 0.5) is 0 Å². The summed E-state index contributed by atoms with van der Waals surface area (Å²) >= 11 is 0. The van der Waals surface area contributed by atoms with Crippen LogP contribution >= 0.6 is 7.60 Å². The molecule has 0 saturated carbocycles. The maximum atomic E-state index is 12.3. The molecule has 9 heteroatoms. The van der Waals surface area contributed by atoms with Gasteiger partial charge in [-0.15, -0.1) is 0 Å². The first-order chi connectivity index (χ1) is 11.8. The minimum atomic E-state index is -3.51. The molecule has 0 heterocycles. The molecule has 0 aromatic heterocycles. The van der Waals surface area contributed by atoms with Crippen LogP contribution in [0.15, 0.2) is 24.3 Å². The second kappa shape index (κ2) is 10.5. The fraction of sp³-hybridized carbons (Fsp3) is 0.562. The first-order valence-electron chi connectivity index (χ1n) is 7.90. The highest BCUT2D eigenvalue weighted by atomic mass is 31.2. The molecule has 1 rings (SSSR count). The number of hydrogen-bond donors (Lipinski definition) is 2. The van der Waals surface area contributed by atoms with E-state index in [2.05, 4.69) is 0 Å². The van der Waals surface area contributed by atoms with Gasteiger partial charge in [0.2, 0.25) is 0 Å².